The molecule has 1 aromatic carbocycles. The van der Waals surface area contributed by atoms with Crippen LogP contribution >= 0.6 is 0 Å². The zero-order valence-corrected chi connectivity index (χ0v) is 16.1. The maximum Gasteiger partial charge on any atom is 0.573 e. The van der Waals surface area contributed by atoms with Gasteiger partial charge in [-0.2, -0.15) is 4.98 Å². The Morgan fingerprint density at radius 2 is 1.90 bits per heavy atom. The van der Waals surface area contributed by atoms with Gasteiger partial charge in [-0.1, -0.05) is 5.16 Å². The van der Waals surface area contributed by atoms with E-state index >= 15 is 0 Å². The van der Waals surface area contributed by atoms with Crippen molar-refractivity contribution in [1.29, 1.82) is 0 Å². The number of rotatable bonds is 10. The van der Waals surface area contributed by atoms with Crippen molar-refractivity contribution in [2.45, 2.75) is 37.4 Å². The summed E-state index contributed by atoms with van der Waals surface area (Å²) in [4.78, 5) is 15.5. The maximum atomic E-state index is 12.1. The molecular weight excluding hydrogens is 417 g/mol. The van der Waals surface area contributed by atoms with Crippen LogP contribution < -0.4 is 14.8 Å². The first kappa shape index (κ1) is 22.6. The van der Waals surface area contributed by atoms with Gasteiger partial charge in [-0.05, 0) is 37.6 Å². The first-order valence-corrected chi connectivity index (χ1v) is 9.95. The van der Waals surface area contributed by atoms with Crippen molar-refractivity contribution in [2.75, 3.05) is 13.1 Å². The van der Waals surface area contributed by atoms with E-state index in [1.807, 2.05) is 0 Å². The number of amides is 1. The molecule has 0 unspecified atom stereocenters. The third-order valence-corrected chi connectivity index (χ3v) is 4.95. The van der Waals surface area contributed by atoms with Gasteiger partial charge in [0.1, 0.15) is 5.75 Å². The number of sulfonamides is 1. The van der Waals surface area contributed by atoms with E-state index in [0.717, 1.165) is 24.3 Å². The topological polar surface area (TPSA) is 123 Å². The van der Waals surface area contributed by atoms with Crippen LogP contribution in [0.15, 0.2) is 33.7 Å². The number of benzene rings is 1. The van der Waals surface area contributed by atoms with Crippen molar-refractivity contribution in [1.82, 2.24) is 20.2 Å². The van der Waals surface area contributed by atoms with Gasteiger partial charge in [0.15, 0.2) is 5.82 Å². The van der Waals surface area contributed by atoms with Crippen LogP contribution in [0, 0.1) is 6.92 Å². The molecule has 1 heterocycles. The highest BCUT2D eigenvalue weighted by molar-refractivity contribution is 7.89. The van der Waals surface area contributed by atoms with Crippen LogP contribution in [0.5, 0.6) is 5.75 Å². The molecule has 0 radical (unpaired) electrons. The molecule has 0 saturated heterocycles. The van der Waals surface area contributed by atoms with Crippen molar-refractivity contribution in [3.05, 3.63) is 36.0 Å². The second kappa shape index (κ2) is 9.69. The number of hydrogen-bond acceptors (Lipinski definition) is 7. The largest absolute Gasteiger partial charge is 0.573 e. The highest BCUT2D eigenvalue weighted by atomic mass is 32.2. The van der Waals surface area contributed by atoms with Crippen molar-refractivity contribution in [3.63, 3.8) is 0 Å². The number of aryl methyl sites for hydroxylation is 2. The zero-order chi connectivity index (χ0) is 21.5. The summed E-state index contributed by atoms with van der Waals surface area (Å²) in [5, 5.41) is 6.27. The number of carbonyl (C=O) groups is 1. The molecule has 0 atom stereocenters. The molecule has 0 aliphatic rings. The molecule has 0 fully saturated rings. The van der Waals surface area contributed by atoms with Crippen LogP contribution in [0.25, 0.3) is 0 Å². The molecule has 160 valence electrons. The first-order valence-electron chi connectivity index (χ1n) is 8.46. The van der Waals surface area contributed by atoms with Crippen molar-refractivity contribution in [2.24, 2.45) is 0 Å². The Labute approximate surface area is 164 Å². The molecule has 1 aromatic heterocycles. The molecule has 2 rings (SSSR count). The van der Waals surface area contributed by atoms with Gasteiger partial charge in [0.25, 0.3) is 0 Å². The number of ether oxygens (including phenoxy) is 1. The molecular formula is C16H19F3N4O5S. The number of hydrogen-bond donors (Lipinski definition) is 2. The van der Waals surface area contributed by atoms with Crippen LogP contribution in [-0.4, -0.2) is 43.9 Å². The predicted octanol–water partition coefficient (Wildman–Crippen LogP) is 1.69. The standard InChI is InChI=1S/C16H19F3N4O5S/c1-11-22-15(28-23-11)3-2-9-20-14(24)8-10-21-29(25,26)13-6-4-12(5-7-13)27-16(17,18)19/h4-7,21H,2-3,8-10H2,1H3,(H,20,24). The third-order valence-electron chi connectivity index (χ3n) is 3.47. The maximum absolute atomic E-state index is 12.1. The number of nitrogens with one attached hydrogen (secondary N) is 2. The Morgan fingerprint density at radius 1 is 1.21 bits per heavy atom. The molecule has 13 heteroatoms. The monoisotopic (exact) mass is 436 g/mol. The average Bonchev–Trinajstić information content (AvgIpc) is 3.03. The van der Waals surface area contributed by atoms with Crippen LogP contribution in [0.4, 0.5) is 13.2 Å². The van der Waals surface area contributed by atoms with E-state index in [9.17, 15) is 26.4 Å². The van der Waals surface area contributed by atoms with Gasteiger partial charge in [-0.3, -0.25) is 4.79 Å². The van der Waals surface area contributed by atoms with Crippen LogP contribution in [0.2, 0.25) is 0 Å². The molecule has 29 heavy (non-hydrogen) atoms. The summed E-state index contributed by atoms with van der Waals surface area (Å²) < 4.78 is 71.4. The van der Waals surface area contributed by atoms with E-state index in [2.05, 4.69) is 24.9 Å². The zero-order valence-electron chi connectivity index (χ0n) is 15.3. The van der Waals surface area contributed by atoms with Gasteiger partial charge in [0.2, 0.25) is 21.8 Å². The molecule has 0 saturated carbocycles. The predicted molar refractivity (Wildman–Crippen MR) is 93.3 cm³/mol. The fourth-order valence-electron chi connectivity index (χ4n) is 2.20. The normalized spacial score (nSPS) is 12.0. The lowest BCUT2D eigenvalue weighted by atomic mass is 10.3. The van der Waals surface area contributed by atoms with E-state index in [1.54, 1.807) is 6.92 Å². The minimum atomic E-state index is -4.86. The fourth-order valence-corrected chi connectivity index (χ4v) is 3.23. The highest BCUT2D eigenvalue weighted by Gasteiger charge is 2.31. The lowest BCUT2D eigenvalue weighted by Gasteiger charge is -2.10. The van der Waals surface area contributed by atoms with E-state index in [-0.39, 0.29) is 23.8 Å². The Hall–Kier alpha value is -2.67. The number of halogens is 3. The summed E-state index contributed by atoms with van der Waals surface area (Å²) in [7, 11) is -3.97. The number of alkyl halides is 3. The highest BCUT2D eigenvalue weighted by Crippen LogP contribution is 2.23. The molecule has 0 spiro atoms. The minimum absolute atomic E-state index is 0.103. The van der Waals surface area contributed by atoms with Gasteiger partial charge in [-0.15, -0.1) is 13.2 Å². The Balaban J connectivity index is 1.70. The number of carbonyl (C=O) groups excluding carboxylic acids is 1. The first-order chi connectivity index (χ1) is 13.5. The molecule has 2 aromatic rings. The fraction of sp³-hybridized carbons (Fsp3) is 0.438. The second-order valence-corrected chi connectivity index (χ2v) is 7.62. The summed E-state index contributed by atoms with van der Waals surface area (Å²) in [6, 6.07) is 3.73. The Morgan fingerprint density at radius 3 is 2.48 bits per heavy atom. The smallest absolute Gasteiger partial charge is 0.406 e. The second-order valence-electron chi connectivity index (χ2n) is 5.86. The number of aromatic nitrogens is 2. The summed E-state index contributed by atoms with van der Waals surface area (Å²) >= 11 is 0. The lowest BCUT2D eigenvalue weighted by molar-refractivity contribution is -0.274. The van der Waals surface area contributed by atoms with Crippen molar-refractivity contribution >= 4 is 15.9 Å². The van der Waals surface area contributed by atoms with E-state index in [4.69, 9.17) is 4.52 Å². The van der Waals surface area contributed by atoms with Gasteiger partial charge >= 0.3 is 6.36 Å². The van der Waals surface area contributed by atoms with Gasteiger partial charge in [0, 0.05) is 25.9 Å². The third kappa shape index (κ3) is 8.07. The Bertz CT molecular complexity index is 913. The van der Waals surface area contributed by atoms with Crippen molar-refractivity contribution < 1.29 is 35.6 Å². The van der Waals surface area contributed by atoms with Crippen LogP contribution in [0.3, 0.4) is 0 Å². The van der Waals surface area contributed by atoms with Gasteiger partial charge in [-0.25, -0.2) is 13.1 Å². The minimum Gasteiger partial charge on any atom is -0.406 e. The summed E-state index contributed by atoms with van der Waals surface area (Å²) in [6.45, 7) is 1.88. The summed E-state index contributed by atoms with van der Waals surface area (Å²) in [6.07, 6.45) is -3.89. The van der Waals surface area contributed by atoms with Gasteiger partial charge < -0.3 is 14.6 Å². The summed E-state index contributed by atoms with van der Waals surface area (Å²) in [5.41, 5.74) is 0. The molecule has 2 N–H and O–H groups in total. The molecule has 0 aliphatic carbocycles. The molecule has 9 nitrogen and oxygen atoms in total. The Kier molecular flexibility index (Phi) is 7.56. The van der Waals surface area contributed by atoms with E-state index in [1.165, 1.54) is 0 Å². The molecule has 1 amide bonds. The van der Waals surface area contributed by atoms with E-state index in [0.29, 0.717) is 31.1 Å². The lowest BCUT2D eigenvalue weighted by Crippen LogP contribution is -2.31. The average molecular weight is 436 g/mol. The van der Waals surface area contributed by atoms with E-state index < -0.39 is 22.1 Å². The number of nitrogens with zero attached hydrogens (tertiary/aromatic N) is 2. The molecule has 0 bridgehead atoms. The van der Waals surface area contributed by atoms with Crippen LogP contribution in [-0.2, 0) is 21.2 Å². The SMILES string of the molecule is Cc1noc(CCCNC(=O)CCNS(=O)(=O)c2ccc(OC(F)(F)F)cc2)n1. The van der Waals surface area contributed by atoms with Crippen LogP contribution in [0.1, 0.15) is 24.6 Å². The summed E-state index contributed by atoms with van der Waals surface area (Å²) in [5.74, 6) is 0.102. The molecule has 0 aliphatic heterocycles. The quantitative estimate of drug-likeness (QED) is 0.543. The van der Waals surface area contributed by atoms with Gasteiger partial charge in [0.05, 0.1) is 4.90 Å². The van der Waals surface area contributed by atoms with Crippen molar-refractivity contribution in [3.8, 4) is 5.75 Å².